The lowest BCUT2D eigenvalue weighted by atomic mass is 10.1. The first-order chi connectivity index (χ1) is 16.6. The number of aromatic nitrogens is 2. The number of pyridine rings is 1. The number of nitrogens with two attached hydrogens (primary N) is 1. The van der Waals surface area contributed by atoms with Crippen molar-refractivity contribution < 1.29 is 18.7 Å². The molecule has 10 nitrogen and oxygen atoms in total. The van der Waals surface area contributed by atoms with Gasteiger partial charge in [-0.05, 0) is 49.6 Å². The van der Waals surface area contributed by atoms with Crippen LogP contribution < -0.4 is 21.3 Å². The van der Waals surface area contributed by atoms with Gasteiger partial charge >= 0.3 is 0 Å². The number of carbonyl (C=O) groups excluding carboxylic acids is 1. The van der Waals surface area contributed by atoms with E-state index in [2.05, 4.69) is 25.5 Å². The zero-order valence-corrected chi connectivity index (χ0v) is 18.6. The summed E-state index contributed by atoms with van der Waals surface area (Å²) in [5.41, 5.74) is 9.09. The molecule has 5 rings (SSSR count). The highest BCUT2D eigenvalue weighted by atomic mass is 16.4. The number of aliphatic hydroxyl groups excluding tert-OH is 1. The predicted octanol–water partition coefficient (Wildman–Crippen LogP) is 3.71. The lowest BCUT2D eigenvalue weighted by Gasteiger charge is -2.30. The fourth-order valence-electron chi connectivity index (χ4n) is 4.05. The number of oxazole rings is 1. The number of anilines is 4. The molecule has 0 aliphatic carbocycles. The van der Waals surface area contributed by atoms with E-state index in [1.807, 2.05) is 6.07 Å². The highest BCUT2D eigenvalue weighted by Gasteiger charge is 2.21. The van der Waals surface area contributed by atoms with Gasteiger partial charge in [0.1, 0.15) is 17.1 Å². The molecule has 4 aromatic rings. The van der Waals surface area contributed by atoms with Crippen molar-refractivity contribution >= 4 is 40.2 Å². The van der Waals surface area contributed by atoms with E-state index in [0.717, 1.165) is 37.2 Å². The van der Waals surface area contributed by atoms with Crippen LogP contribution in [0.3, 0.4) is 0 Å². The average molecular weight is 463 g/mol. The lowest BCUT2D eigenvalue weighted by molar-refractivity contribution is 0.0997. The van der Waals surface area contributed by atoms with Gasteiger partial charge < -0.3 is 35.2 Å². The lowest BCUT2D eigenvalue weighted by Crippen LogP contribution is -2.30. The smallest absolute Gasteiger partial charge is 0.295 e. The van der Waals surface area contributed by atoms with Crippen molar-refractivity contribution in [2.75, 3.05) is 47.5 Å². The molecule has 1 amide bonds. The normalized spacial score (nSPS) is 13.9. The largest absolute Gasteiger partial charge is 0.451 e. The van der Waals surface area contributed by atoms with Gasteiger partial charge in [-0.3, -0.25) is 4.79 Å². The Bertz CT molecular complexity index is 1290. The molecule has 1 fully saturated rings. The number of carbonyl (C=O) groups is 1. The van der Waals surface area contributed by atoms with E-state index in [-0.39, 0.29) is 18.3 Å². The highest BCUT2D eigenvalue weighted by Crippen LogP contribution is 2.35. The number of nitrogen functional groups attached to an aromatic ring is 1. The number of amides is 1. The Kier molecular flexibility index (Phi) is 6.05. The van der Waals surface area contributed by atoms with Gasteiger partial charge in [0.2, 0.25) is 0 Å². The van der Waals surface area contributed by atoms with Crippen LogP contribution in [0.25, 0.3) is 22.4 Å². The summed E-state index contributed by atoms with van der Waals surface area (Å²) in [6, 6.07) is 10.9. The van der Waals surface area contributed by atoms with E-state index < -0.39 is 0 Å². The molecule has 1 aliphatic rings. The van der Waals surface area contributed by atoms with Gasteiger partial charge in [0.05, 0.1) is 18.0 Å². The van der Waals surface area contributed by atoms with Crippen LogP contribution in [0.15, 0.2) is 51.4 Å². The molecular weight excluding hydrogens is 436 g/mol. The number of aliphatic hydroxyl groups is 1. The number of nitrogens with zero attached hydrogens (tertiary/aromatic N) is 3. The minimum atomic E-state index is -0.370. The van der Waals surface area contributed by atoms with E-state index in [9.17, 15) is 4.79 Å². The van der Waals surface area contributed by atoms with Gasteiger partial charge in [0.25, 0.3) is 11.9 Å². The number of rotatable bonds is 7. The first-order valence-electron chi connectivity index (χ1n) is 11.3. The second-order valence-electron chi connectivity index (χ2n) is 8.14. The first-order valence-corrected chi connectivity index (χ1v) is 11.3. The van der Waals surface area contributed by atoms with Crippen LogP contribution in [-0.4, -0.2) is 47.2 Å². The van der Waals surface area contributed by atoms with Crippen LogP contribution in [0.4, 0.5) is 23.2 Å². The summed E-state index contributed by atoms with van der Waals surface area (Å²) in [7, 11) is 0. The predicted molar refractivity (Wildman–Crippen MR) is 130 cm³/mol. The first kappa shape index (κ1) is 21.8. The standard InChI is InChI=1S/C24H26N6O4/c25-22-7-4-15(14-27-22)19-5-6-20(33-19)23(32)28-16-13-21-17(29-24(34-21)26-8-11-31)12-18(16)30-9-2-1-3-10-30/h4-7,12-14,31H,1-3,8-11H2,(H2,25,27)(H,26,29)(H,28,32). The van der Waals surface area contributed by atoms with E-state index in [4.69, 9.17) is 19.7 Å². The summed E-state index contributed by atoms with van der Waals surface area (Å²) in [6.45, 7) is 2.10. The monoisotopic (exact) mass is 462 g/mol. The van der Waals surface area contributed by atoms with Crippen LogP contribution in [0, 0.1) is 0 Å². The van der Waals surface area contributed by atoms with Crippen molar-refractivity contribution in [3.8, 4) is 11.3 Å². The van der Waals surface area contributed by atoms with Gasteiger partial charge in [-0.25, -0.2) is 4.98 Å². The van der Waals surface area contributed by atoms with Gasteiger partial charge in [-0.15, -0.1) is 0 Å². The van der Waals surface area contributed by atoms with E-state index in [0.29, 0.717) is 40.9 Å². The van der Waals surface area contributed by atoms with Crippen LogP contribution in [0.1, 0.15) is 29.8 Å². The number of nitrogens with one attached hydrogen (secondary N) is 2. The zero-order chi connectivity index (χ0) is 23.5. The van der Waals surface area contributed by atoms with E-state index >= 15 is 0 Å². The molecule has 0 bridgehead atoms. The molecule has 0 atom stereocenters. The van der Waals surface area contributed by atoms with Crippen LogP contribution in [-0.2, 0) is 0 Å². The maximum atomic E-state index is 13.1. The number of hydrogen-bond donors (Lipinski definition) is 4. The number of furan rings is 1. The third kappa shape index (κ3) is 4.53. The molecule has 1 aliphatic heterocycles. The maximum Gasteiger partial charge on any atom is 0.295 e. The minimum Gasteiger partial charge on any atom is -0.451 e. The summed E-state index contributed by atoms with van der Waals surface area (Å²) in [6.07, 6.45) is 4.97. The molecule has 1 aromatic carbocycles. The molecular formula is C24H26N6O4. The number of piperidine rings is 1. The highest BCUT2D eigenvalue weighted by molar-refractivity contribution is 6.06. The fourth-order valence-corrected chi connectivity index (χ4v) is 4.05. The quantitative estimate of drug-likeness (QED) is 0.323. The molecule has 176 valence electrons. The van der Waals surface area contributed by atoms with Gasteiger partial charge in [0.15, 0.2) is 11.3 Å². The third-order valence-electron chi connectivity index (χ3n) is 5.74. The Morgan fingerprint density at radius 3 is 2.74 bits per heavy atom. The average Bonchev–Trinajstić information content (AvgIpc) is 3.50. The summed E-state index contributed by atoms with van der Waals surface area (Å²) in [4.78, 5) is 23.9. The number of hydrogen-bond acceptors (Lipinski definition) is 9. The Labute approximate surface area is 195 Å². The molecule has 1 saturated heterocycles. The minimum absolute atomic E-state index is 0.0311. The maximum absolute atomic E-state index is 13.1. The molecule has 0 radical (unpaired) electrons. The van der Waals surface area contributed by atoms with Gasteiger partial charge in [-0.1, -0.05) is 0 Å². The summed E-state index contributed by atoms with van der Waals surface area (Å²) >= 11 is 0. The van der Waals surface area contributed by atoms with Gasteiger partial charge in [0, 0.05) is 37.5 Å². The molecule has 5 N–H and O–H groups in total. The Morgan fingerprint density at radius 1 is 1.12 bits per heavy atom. The Balaban J connectivity index is 1.44. The van der Waals surface area contributed by atoms with Crippen LogP contribution in [0.5, 0.6) is 0 Å². The number of fused-ring (bicyclic) bond motifs is 1. The molecule has 3 aromatic heterocycles. The third-order valence-corrected chi connectivity index (χ3v) is 5.74. The second-order valence-corrected chi connectivity index (χ2v) is 8.14. The second kappa shape index (κ2) is 9.44. The zero-order valence-electron chi connectivity index (χ0n) is 18.6. The summed E-state index contributed by atoms with van der Waals surface area (Å²) in [5, 5.41) is 15.0. The molecule has 4 heterocycles. The van der Waals surface area contributed by atoms with Crippen LogP contribution >= 0.6 is 0 Å². The fraction of sp³-hybridized carbons (Fsp3) is 0.292. The summed E-state index contributed by atoms with van der Waals surface area (Å²) in [5.74, 6) is 0.750. The van der Waals surface area contributed by atoms with E-state index in [1.54, 1.807) is 36.5 Å². The molecule has 0 spiro atoms. The Hall–Kier alpha value is -4.05. The number of benzene rings is 1. The SMILES string of the molecule is Nc1ccc(-c2ccc(C(=O)Nc3cc4oc(NCCO)nc4cc3N3CCCCC3)o2)cn1. The van der Waals surface area contributed by atoms with Gasteiger partial charge in [-0.2, -0.15) is 4.98 Å². The molecule has 0 saturated carbocycles. The summed E-state index contributed by atoms with van der Waals surface area (Å²) < 4.78 is 11.6. The molecule has 10 heteroatoms. The topological polar surface area (TPSA) is 143 Å². The van der Waals surface area contributed by atoms with Crippen molar-refractivity contribution in [2.45, 2.75) is 19.3 Å². The van der Waals surface area contributed by atoms with Crippen molar-refractivity contribution in [2.24, 2.45) is 0 Å². The Morgan fingerprint density at radius 2 is 1.97 bits per heavy atom. The van der Waals surface area contributed by atoms with Crippen molar-refractivity contribution in [1.29, 1.82) is 0 Å². The van der Waals surface area contributed by atoms with E-state index in [1.165, 1.54) is 6.42 Å². The molecule has 34 heavy (non-hydrogen) atoms. The molecule has 0 unspecified atom stereocenters. The van der Waals surface area contributed by atoms with Crippen LogP contribution in [0.2, 0.25) is 0 Å². The van der Waals surface area contributed by atoms with Crippen molar-refractivity contribution in [1.82, 2.24) is 9.97 Å². The van der Waals surface area contributed by atoms with Crippen molar-refractivity contribution in [3.63, 3.8) is 0 Å². The van der Waals surface area contributed by atoms with Crippen molar-refractivity contribution in [3.05, 3.63) is 48.4 Å².